The number of rotatable bonds is 8. The molecule has 6 heteroatoms. The van der Waals surface area contributed by atoms with Gasteiger partial charge in [0.15, 0.2) is 0 Å². The lowest BCUT2D eigenvalue weighted by Gasteiger charge is -2.20. The molecule has 20 heavy (non-hydrogen) atoms. The number of nitrogens with zero attached hydrogens (tertiary/aromatic N) is 3. The van der Waals surface area contributed by atoms with Crippen LogP contribution in [-0.2, 0) is 6.54 Å². The summed E-state index contributed by atoms with van der Waals surface area (Å²) in [6.07, 6.45) is 3.48. The molecule has 0 unspecified atom stereocenters. The van der Waals surface area contributed by atoms with Crippen LogP contribution >= 0.6 is 11.6 Å². The Kier molecular flexibility index (Phi) is 7.02. The molecule has 1 aromatic heterocycles. The summed E-state index contributed by atoms with van der Waals surface area (Å²) < 4.78 is 1.40. The van der Waals surface area contributed by atoms with Gasteiger partial charge in [0.2, 0.25) is 0 Å². The first-order valence-corrected chi connectivity index (χ1v) is 7.54. The second kappa shape index (κ2) is 8.27. The molecule has 0 aliphatic rings. The van der Waals surface area contributed by atoms with Gasteiger partial charge in [0.25, 0.3) is 5.56 Å². The number of aromatic nitrogens is 2. The molecule has 0 aliphatic heterocycles. The van der Waals surface area contributed by atoms with E-state index in [9.17, 15) is 4.79 Å². The van der Waals surface area contributed by atoms with Crippen molar-refractivity contribution in [2.45, 2.75) is 46.2 Å². The summed E-state index contributed by atoms with van der Waals surface area (Å²) in [4.78, 5) is 14.2. The first-order chi connectivity index (χ1) is 9.47. The van der Waals surface area contributed by atoms with Crippen molar-refractivity contribution in [2.24, 2.45) is 0 Å². The maximum absolute atomic E-state index is 11.9. The normalized spacial score (nSPS) is 11.3. The highest BCUT2D eigenvalue weighted by Gasteiger charge is 2.08. The lowest BCUT2D eigenvalue weighted by atomic mass is 10.3. The molecular weight excluding hydrogens is 276 g/mol. The molecule has 114 valence electrons. The quantitative estimate of drug-likeness (QED) is 0.749. The van der Waals surface area contributed by atoms with Crippen LogP contribution in [0.3, 0.4) is 0 Å². The van der Waals surface area contributed by atoms with Crippen molar-refractivity contribution in [1.82, 2.24) is 14.7 Å². The molecule has 5 nitrogen and oxygen atoms in total. The lowest BCUT2D eigenvalue weighted by molar-refractivity contribution is 0.273. The van der Waals surface area contributed by atoms with E-state index in [1.165, 1.54) is 4.68 Å². The van der Waals surface area contributed by atoms with Crippen LogP contribution < -0.4 is 10.9 Å². The van der Waals surface area contributed by atoms with Gasteiger partial charge >= 0.3 is 0 Å². The van der Waals surface area contributed by atoms with Crippen LogP contribution in [0.15, 0.2) is 11.0 Å². The van der Waals surface area contributed by atoms with Crippen LogP contribution in [0.1, 0.15) is 33.6 Å². The molecule has 0 fully saturated rings. The first kappa shape index (κ1) is 17.0. The lowest BCUT2D eigenvalue weighted by Crippen LogP contribution is -2.28. The highest BCUT2D eigenvalue weighted by atomic mass is 35.5. The third-order valence-corrected chi connectivity index (χ3v) is 3.67. The largest absolute Gasteiger partial charge is 0.382 e. The van der Waals surface area contributed by atoms with Crippen molar-refractivity contribution in [3.63, 3.8) is 0 Å². The molecule has 0 spiro atoms. The molecule has 1 aromatic rings. The molecule has 0 aliphatic carbocycles. The van der Waals surface area contributed by atoms with E-state index in [4.69, 9.17) is 11.6 Å². The van der Waals surface area contributed by atoms with Crippen molar-refractivity contribution < 1.29 is 0 Å². The minimum Gasteiger partial charge on any atom is -0.382 e. The second-order valence-corrected chi connectivity index (χ2v) is 5.63. The molecule has 0 atom stereocenters. The van der Waals surface area contributed by atoms with Gasteiger partial charge in [-0.3, -0.25) is 4.79 Å². The molecule has 1 rings (SSSR count). The van der Waals surface area contributed by atoms with E-state index in [-0.39, 0.29) is 10.6 Å². The molecule has 1 N–H and O–H groups in total. The molecular formula is C14H25ClN4O. The van der Waals surface area contributed by atoms with E-state index < -0.39 is 0 Å². The van der Waals surface area contributed by atoms with Crippen molar-refractivity contribution in [2.75, 3.05) is 25.5 Å². The topological polar surface area (TPSA) is 50.2 Å². The zero-order chi connectivity index (χ0) is 15.1. The zero-order valence-electron chi connectivity index (χ0n) is 12.8. The second-order valence-electron chi connectivity index (χ2n) is 5.26. The number of nitrogens with one attached hydrogen (secondary N) is 1. The summed E-state index contributed by atoms with van der Waals surface area (Å²) in [6, 6.07) is 0.540. The van der Waals surface area contributed by atoms with Gasteiger partial charge in [0.05, 0.1) is 11.9 Å². The average Bonchev–Trinajstić information content (AvgIpc) is 2.41. The van der Waals surface area contributed by atoms with Crippen LogP contribution in [0.4, 0.5) is 5.69 Å². The van der Waals surface area contributed by atoms with Gasteiger partial charge < -0.3 is 10.2 Å². The van der Waals surface area contributed by atoms with E-state index in [1.807, 2.05) is 6.92 Å². The monoisotopic (exact) mass is 300 g/mol. The number of anilines is 1. The molecule has 0 saturated heterocycles. The third-order valence-electron chi connectivity index (χ3n) is 3.30. The molecule has 0 saturated carbocycles. The van der Waals surface area contributed by atoms with Crippen molar-refractivity contribution in [3.05, 3.63) is 21.6 Å². The van der Waals surface area contributed by atoms with Gasteiger partial charge in [-0.25, -0.2) is 4.68 Å². The zero-order valence-corrected chi connectivity index (χ0v) is 13.6. The fraction of sp³-hybridized carbons (Fsp3) is 0.714. The van der Waals surface area contributed by atoms with Crippen LogP contribution in [0.5, 0.6) is 0 Å². The SMILES string of the molecule is CCCn1ncc(NCCCN(C)C(C)C)c(Cl)c1=O. The van der Waals surface area contributed by atoms with Gasteiger partial charge in [-0.15, -0.1) is 0 Å². The van der Waals surface area contributed by atoms with Crippen molar-refractivity contribution in [3.8, 4) is 0 Å². The molecule has 0 radical (unpaired) electrons. The predicted octanol–water partition coefficient (Wildman–Crippen LogP) is 2.45. The summed E-state index contributed by atoms with van der Waals surface area (Å²) in [6.45, 7) is 8.71. The van der Waals surface area contributed by atoms with Crippen LogP contribution in [0, 0.1) is 0 Å². The van der Waals surface area contributed by atoms with E-state index >= 15 is 0 Å². The third kappa shape index (κ3) is 4.80. The summed E-state index contributed by atoms with van der Waals surface area (Å²) >= 11 is 6.08. The highest BCUT2D eigenvalue weighted by molar-refractivity contribution is 6.32. The Bertz CT molecular complexity index is 473. The Labute approximate surface area is 125 Å². The van der Waals surface area contributed by atoms with E-state index in [1.54, 1.807) is 6.20 Å². The number of hydrogen-bond acceptors (Lipinski definition) is 4. The van der Waals surface area contributed by atoms with Crippen molar-refractivity contribution in [1.29, 1.82) is 0 Å². The van der Waals surface area contributed by atoms with E-state index in [2.05, 4.69) is 36.2 Å². The van der Waals surface area contributed by atoms with Gasteiger partial charge in [-0.2, -0.15) is 5.10 Å². The van der Waals surface area contributed by atoms with Gasteiger partial charge in [0.1, 0.15) is 5.02 Å². The molecule has 1 heterocycles. The maximum Gasteiger partial charge on any atom is 0.287 e. The molecule has 0 amide bonds. The molecule has 0 aromatic carbocycles. The molecule has 0 bridgehead atoms. The minimum atomic E-state index is -0.224. The predicted molar refractivity (Wildman–Crippen MR) is 84.7 cm³/mol. The Hall–Kier alpha value is -1.07. The van der Waals surface area contributed by atoms with Gasteiger partial charge in [-0.05, 0) is 40.3 Å². The summed E-state index contributed by atoms with van der Waals surface area (Å²) in [5.41, 5.74) is 0.397. The fourth-order valence-corrected chi connectivity index (χ4v) is 1.98. The Morgan fingerprint density at radius 1 is 1.50 bits per heavy atom. The van der Waals surface area contributed by atoms with Crippen LogP contribution in [0.2, 0.25) is 5.02 Å². The van der Waals surface area contributed by atoms with E-state index in [0.717, 1.165) is 25.9 Å². The van der Waals surface area contributed by atoms with Gasteiger partial charge in [-0.1, -0.05) is 18.5 Å². The smallest absolute Gasteiger partial charge is 0.287 e. The standard InChI is InChI=1S/C14H25ClN4O/c1-5-8-19-14(20)13(15)12(10-17-19)16-7-6-9-18(4)11(2)3/h10-11,16H,5-9H2,1-4H3. The number of halogens is 1. The number of hydrogen-bond donors (Lipinski definition) is 1. The average molecular weight is 301 g/mol. The first-order valence-electron chi connectivity index (χ1n) is 7.17. The Balaban J connectivity index is 2.53. The Morgan fingerprint density at radius 3 is 2.80 bits per heavy atom. The number of aryl methyl sites for hydroxylation is 1. The van der Waals surface area contributed by atoms with Gasteiger partial charge in [0, 0.05) is 19.1 Å². The van der Waals surface area contributed by atoms with Crippen molar-refractivity contribution >= 4 is 17.3 Å². The van der Waals surface area contributed by atoms with Crippen LogP contribution in [-0.4, -0.2) is 40.9 Å². The summed E-state index contributed by atoms with van der Waals surface area (Å²) in [5.74, 6) is 0. The highest BCUT2D eigenvalue weighted by Crippen LogP contribution is 2.15. The maximum atomic E-state index is 11.9. The Morgan fingerprint density at radius 2 is 2.20 bits per heavy atom. The fourth-order valence-electron chi connectivity index (χ4n) is 1.77. The van der Waals surface area contributed by atoms with Crippen LogP contribution in [0.25, 0.3) is 0 Å². The summed E-state index contributed by atoms with van der Waals surface area (Å²) in [7, 11) is 2.10. The summed E-state index contributed by atoms with van der Waals surface area (Å²) in [5, 5.41) is 7.53. The minimum absolute atomic E-state index is 0.224. The van der Waals surface area contributed by atoms with E-state index in [0.29, 0.717) is 18.3 Å².